The van der Waals surface area contributed by atoms with Crippen molar-refractivity contribution in [1.82, 2.24) is 14.7 Å². The van der Waals surface area contributed by atoms with Gasteiger partial charge in [0.2, 0.25) is 5.91 Å². The van der Waals surface area contributed by atoms with Crippen molar-refractivity contribution < 1.29 is 4.79 Å². The molecule has 0 aliphatic carbocycles. The lowest BCUT2D eigenvalue weighted by molar-refractivity contribution is -0.153. The Kier molecular flexibility index (Phi) is 5.25. The number of likely N-dealkylation sites (tertiary alicyclic amines) is 3. The van der Waals surface area contributed by atoms with Gasteiger partial charge in [0.25, 0.3) is 0 Å². The molecule has 0 aromatic rings. The predicted molar refractivity (Wildman–Crippen MR) is 104 cm³/mol. The maximum atomic E-state index is 13.1. The van der Waals surface area contributed by atoms with Gasteiger partial charge in [0, 0.05) is 44.2 Å². The van der Waals surface area contributed by atoms with Crippen LogP contribution in [0.15, 0.2) is 0 Å². The molecule has 0 saturated carbocycles. The summed E-state index contributed by atoms with van der Waals surface area (Å²) in [6, 6.07) is 0.532. The average Bonchev–Trinajstić information content (AvgIpc) is 2.80. The number of carbonyl (C=O) groups excluding carboxylic acids is 1. The van der Waals surface area contributed by atoms with Gasteiger partial charge in [-0.05, 0) is 51.1 Å². The molecular formula is C21H39N3O. The first kappa shape index (κ1) is 19.2. The summed E-state index contributed by atoms with van der Waals surface area (Å²) in [5.74, 6) is 1.35. The third kappa shape index (κ3) is 3.90. The van der Waals surface area contributed by atoms with Gasteiger partial charge in [0.15, 0.2) is 0 Å². The van der Waals surface area contributed by atoms with Gasteiger partial charge >= 0.3 is 0 Å². The van der Waals surface area contributed by atoms with Crippen LogP contribution in [0, 0.1) is 22.7 Å². The van der Waals surface area contributed by atoms with E-state index in [1.165, 1.54) is 32.5 Å². The standard InChI is InChI=1S/C21H39N3O/c1-16(2)11-22-9-7-21(8-10-22)14-24(15-21)19(25)18-12-23(17(3)4)13-20(18,5)6/h16-18H,7-15H2,1-6H3/t18-/m0/s1. The van der Waals surface area contributed by atoms with Crippen LogP contribution in [-0.4, -0.2) is 72.5 Å². The van der Waals surface area contributed by atoms with Crippen LogP contribution >= 0.6 is 0 Å². The maximum Gasteiger partial charge on any atom is 0.227 e. The molecule has 3 fully saturated rings. The fourth-order valence-electron chi connectivity index (χ4n) is 5.17. The largest absolute Gasteiger partial charge is 0.341 e. The molecule has 3 heterocycles. The van der Waals surface area contributed by atoms with E-state index in [-0.39, 0.29) is 11.3 Å². The summed E-state index contributed by atoms with van der Waals surface area (Å²) < 4.78 is 0. The van der Waals surface area contributed by atoms with Crippen molar-refractivity contribution in [3.63, 3.8) is 0 Å². The Bertz CT molecular complexity index is 483. The minimum atomic E-state index is 0.102. The van der Waals surface area contributed by atoms with E-state index in [1.54, 1.807) is 0 Å². The van der Waals surface area contributed by atoms with Crippen molar-refractivity contribution in [2.75, 3.05) is 45.8 Å². The van der Waals surface area contributed by atoms with Crippen LogP contribution in [0.25, 0.3) is 0 Å². The van der Waals surface area contributed by atoms with Crippen LogP contribution in [0.3, 0.4) is 0 Å². The topological polar surface area (TPSA) is 26.8 Å². The molecule has 1 amide bonds. The number of amides is 1. The first-order valence-corrected chi connectivity index (χ1v) is 10.4. The summed E-state index contributed by atoms with van der Waals surface area (Å²) in [4.78, 5) is 20.4. The third-order valence-corrected chi connectivity index (χ3v) is 6.90. The summed E-state index contributed by atoms with van der Waals surface area (Å²) in [5.41, 5.74) is 0.536. The Balaban J connectivity index is 1.52. The van der Waals surface area contributed by atoms with Crippen LogP contribution in [0.4, 0.5) is 0 Å². The van der Waals surface area contributed by atoms with Crippen molar-refractivity contribution >= 4 is 5.91 Å². The van der Waals surface area contributed by atoms with Crippen molar-refractivity contribution in [1.29, 1.82) is 0 Å². The van der Waals surface area contributed by atoms with E-state index in [1.807, 2.05) is 0 Å². The van der Waals surface area contributed by atoms with Crippen molar-refractivity contribution in [2.24, 2.45) is 22.7 Å². The predicted octanol–water partition coefficient (Wildman–Crippen LogP) is 2.93. The lowest BCUT2D eigenvalue weighted by Crippen LogP contribution is -2.63. The number of piperidine rings is 1. The zero-order valence-electron chi connectivity index (χ0n) is 17.3. The molecule has 1 spiro atoms. The molecule has 0 aromatic carbocycles. The van der Waals surface area contributed by atoms with E-state index in [2.05, 4.69) is 56.2 Å². The molecule has 3 aliphatic heterocycles. The van der Waals surface area contributed by atoms with Crippen molar-refractivity contribution in [2.45, 2.75) is 60.4 Å². The van der Waals surface area contributed by atoms with E-state index in [0.717, 1.165) is 32.1 Å². The Hall–Kier alpha value is -0.610. The molecule has 0 aromatic heterocycles. The van der Waals surface area contributed by atoms with Gasteiger partial charge in [0.05, 0.1) is 5.92 Å². The highest BCUT2D eigenvalue weighted by Gasteiger charge is 2.51. The van der Waals surface area contributed by atoms with Crippen LogP contribution in [0.1, 0.15) is 54.4 Å². The SMILES string of the molecule is CC(C)CN1CCC2(CC1)CN(C(=O)[C@@H]1CN(C(C)C)CC1(C)C)C2. The monoisotopic (exact) mass is 349 g/mol. The van der Waals surface area contributed by atoms with Crippen LogP contribution < -0.4 is 0 Å². The maximum absolute atomic E-state index is 13.1. The van der Waals surface area contributed by atoms with Crippen molar-refractivity contribution in [3.8, 4) is 0 Å². The zero-order valence-corrected chi connectivity index (χ0v) is 17.3. The van der Waals surface area contributed by atoms with Crippen LogP contribution in [0.5, 0.6) is 0 Å². The van der Waals surface area contributed by atoms with Gasteiger partial charge in [-0.25, -0.2) is 0 Å². The Labute approximate surface area is 154 Å². The first-order valence-electron chi connectivity index (χ1n) is 10.4. The van der Waals surface area contributed by atoms with Gasteiger partial charge in [-0.3, -0.25) is 9.69 Å². The third-order valence-electron chi connectivity index (χ3n) is 6.90. The van der Waals surface area contributed by atoms with Gasteiger partial charge in [-0.15, -0.1) is 0 Å². The Morgan fingerprint density at radius 1 is 1.04 bits per heavy atom. The highest BCUT2D eigenvalue weighted by atomic mass is 16.2. The summed E-state index contributed by atoms with van der Waals surface area (Å²) in [6.07, 6.45) is 2.55. The van der Waals surface area contributed by atoms with E-state index in [9.17, 15) is 4.79 Å². The molecule has 4 nitrogen and oxygen atoms in total. The molecule has 3 rings (SSSR count). The molecule has 25 heavy (non-hydrogen) atoms. The second-order valence-corrected chi connectivity index (χ2v) is 10.5. The van der Waals surface area contributed by atoms with Gasteiger partial charge in [-0.1, -0.05) is 27.7 Å². The zero-order chi connectivity index (χ0) is 18.4. The van der Waals surface area contributed by atoms with Crippen molar-refractivity contribution in [3.05, 3.63) is 0 Å². The molecule has 4 heteroatoms. The minimum absolute atomic E-state index is 0.102. The van der Waals surface area contributed by atoms with Crippen LogP contribution in [-0.2, 0) is 4.79 Å². The number of carbonyl (C=O) groups is 1. The smallest absolute Gasteiger partial charge is 0.227 e. The molecule has 144 valence electrons. The summed E-state index contributed by atoms with van der Waals surface area (Å²) in [5, 5.41) is 0. The Morgan fingerprint density at radius 3 is 2.12 bits per heavy atom. The fourth-order valence-corrected chi connectivity index (χ4v) is 5.17. The number of rotatable bonds is 4. The van der Waals surface area contributed by atoms with Gasteiger partial charge in [0.1, 0.15) is 0 Å². The Morgan fingerprint density at radius 2 is 1.64 bits per heavy atom. The number of nitrogens with zero attached hydrogens (tertiary/aromatic N) is 3. The molecule has 0 radical (unpaired) electrons. The summed E-state index contributed by atoms with van der Waals surface area (Å²) >= 11 is 0. The number of hydrogen-bond acceptors (Lipinski definition) is 3. The van der Waals surface area contributed by atoms with E-state index >= 15 is 0 Å². The normalized spacial score (nSPS) is 29.6. The van der Waals surface area contributed by atoms with Crippen LogP contribution in [0.2, 0.25) is 0 Å². The first-order chi connectivity index (χ1) is 11.6. The lowest BCUT2D eigenvalue weighted by atomic mass is 9.70. The molecule has 0 bridgehead atoms. The van der Waals surface area contributed by atoms with E-state index in [4.69, 9.17) is 0 Å². The fraction of sp³-hybridized carbons (Fsp3) is 0.952. The molecule has 3 aliphatic rings. The molecule has 1 atom stereocenters. The molecular weight excluding hydrogens is 310 g/mol. The second kappa shape index (κ2) is 6.84. The highest BCUT2D eigenvalue weighted by Crippen LogP contribution is 2.44. The van der Waals surface area contributed by atoms with Gasteiger partial charge < -0.3 is 9.80 Å². The van der Waals surface area contributed by atoms with E-state index in [0.29, 0.717) is 17.4 Å². The minimum Gasteiger partial charge on any atom is -0.341 e. The quantitative estimate of drug-likeness (QED) is 0.781. The molecule has 0 N–H and O–H groups in total. The summed E-state index contributed by atoms with van der Waals surface area (Å²) in [6.45, 7) is 21.3. The molecule has 3 saturated heterocycles. The highest BCUT2D eigenvalue weighted by molar-refractivity contribution is 5.81. The average molecular weight is 350 g/mol. The lowest BCUT2D eigenvalue weighted by Gasteiger charge is -2.55. The van der Waals surface area contributed by atoms with Gasteiger partial charge in [-0.2, -0.15) is 0 Å². The van der Waals surface area contributed by atoms with E-state index < -0.39 is 0 Å². The second-order valence-electron chi connectivity index (χ2n) is 10.5. The summed E-state index contributed by atoms with van der Waals surface area (Å²) in [7, 11) is 0. The molecule has 0 unspecified atom stereocenters. The number of hydrogen-bond donors (Lipinski definition) is 0.